The topological polar surface area (TPSA) is 79.0 Å². The highest BCUT2D eigenvalue weighted by Crippen LogP contribution is 2.32. The number of rotatable bonds is 3. The number of nitrogens with zero attached hydrogens (tertiary/aromatic N) is 3. The Labute approximate surface area is 170 Å². The first-order chi connectivity index (χ1) is 14.3. The van der Waals surface area contributed by atoms with Crippen LogP contribution in [0.5, 0.6) is 0 Å². The molecule has 1 fully saturated rings. The van der Waals surface area contributed by atoms with Crippen LogP contribution in [0.2, 0.25) is 0 Å². The molecule has 0 saturated carbocycles. The van der Waals surface area contributed by atoms with E-state index in [0.29, 0.717) is 17.5 Å². The first kappa shape index (κ1) is 19.7. The lowest BCUT2D eigenvalue weighted by Crippen LogP contribution is -2.49. The third-order valence-electron chi connectivity index (χ3n) is 4.99. The van der Waals surface area contributed by atoms with Crippen molar-refractivity contribution in [3.63, 3.8) is 0 Å². The molecule has 0 aromatic heterocycles. The Morgan fingerprint density at radius 3 is 2.40 bits per heavy atom. The van der Waals surface area contributed by atoms with Crippen LogP contribution in [0.3, 0.4) is 0 Å². The van der Waals surface area contributed by atoms with Gasteiger partial charge in [0.2, 0.25) is 5.91 Å². The van der Waals surface area contributed by atoms with Gasteiger partial charge in [-0.15, -0.1) is 0 Å². The number of carbonyl (C=O) groups excluding carboxylic acids is 2. The lowest BCUT2D eigenvalue weighted by molar-refractivity contribution is 0.1000. The molecule has 4 rings (SSSR count). The number of hydrogen-bond acceptors (Lipinski definition) is 3. The SMILES string of the molecule is NC(=O)c1ccc(F)cc1C=C1CN(C(=O)N2N=CC[C@H]2c2cc(F)cc(F)c2)C1. The van der Waals surface area contributed by atoms with Gasteiger partial charge in [-0.1, -0.05) is 6.08 Å². The van der Waals surface area contributed by atoms with E-state index in [-0.39, 0.29) is 18.7 Å². The highest BCUT2D eigenvalue weighted by Gasteiger charge is 2.35. The zero-order chi connectivity index (χ0) is 21.4. The summed E-state index contributed by atoms with van der Waals surface area (Å²) in [5.74, 6) is -2.63. The number of carbonyl (C=O) groups is 2. The summed E-state index contributed by atoms with van der Waals surface area (Å²) in [4.78, 5) is 25.8. The quantitative estimate of drug-likeness (QED) is 0.835. The van der Waals surface area contributed by atoms with E-state index in [1.54, 1.807) is 6.08 Å². The number of amides is 3. The van der Waals surface area contributed by atoms with Gasteiger partial charge >= 0.3 is 6.03 Å². The zero-order valence-electron chi connectivity index (χ0n) is 15.7. The lowest BCUT2D eigenvalue weighted by Gasteiger charge is -2.37. The molecule has 2 aliphatic heterocycles. The lowest BCUT2D eigenvalue weighted by atomic mass is 10.00. The van der Waals surface area contributed by atoms with Gasteiger partial charge in [0.15, 0.2) is 0 Å². The molecule has 9 heteroatoms. The smallest absolute Gasteiger partial charge is 0.341 e. The van der Waals surface area contributed by atoms with Gasteiger partial charge in [-0.05, 0) is 47.0 Å². The standard InChI is InChI=1S/C21H17F3N4O2/c22-15-1-2-18(20(25)29)13(6-15)5-12-10-27(11-12)21(30)28-19(3-4-26-28)14-7-16(23)9-17(24)8-14/h1-2,4-9,19H,3,10-11H2,(H2,25,29)/t19-/m0/s1. The first-order valence-corrected chi connectivity index (χ1v) is 9.17. The van der Waals surface area contributed by atoms with E-state index in [1.165, 1.54) is 40.4 Å². The van der Waals surface area contributed by atoms with Crippen molar-refractivity contribution in [1.29, 1.82) is 0 Å². The molecule has 1 saturated heterocycles. The first-order valence-electron chi connectivity index (χ1n) is 9.17. The van der Waals surface area contributed by atoms with E-state index in [4.69, 9.17) is 5.73 Å². The number of urea groups is 1. The molecule has 0 unspecified atom stereocenters. The second-order valence-electron chi connectivity index (χ2n) is 7.13. The van der Waals surface area contributed by atoms with Gasteiger partial charge in [0.1, 0.15) is 17.5 Å². The molecule has 6 nitrogen and oxygen atoms in total. The molecule has 30 heavy (non-hydrogen) atoms. The number of benzene rings is 2. The zero-order valence-corrected chi connectivity index (χ0v) is 15.7. The molecule has 154 valence electrons. The summed E-state index contributed by atoms with van der Waals surface area (Å²) in [6.07, 6.45) is 3.49. The van der Waals surface area contributed by atoms with Gasteiger partial charge in [-0.2, -0.15) is 5.10 Å². The number of hydrazone groups is 1. The van der Waals surface area contributed by atoms with Crippen LogP contribution in [0.4, 0.5) is 18.0 Å². The number of likely N-dealkylation sites (tertiary alicyclic amines) is 1. The normalized spacial score (nSPS) is 17.8. The van der Waals surface area contributed by atoms with Gasteiger partial charge in [-0.3, -0.25) is 4.79 Å². The van der Waals surface area contributed by atoms with Crippen LogP contribution in [0.15, 0.2) is 47.1 Å². The fourth-order valence-electron chi connectivity index (χ4n) is 3.56. The van der Waals surface area contributed by atoms with E-state index < -0.39 is 35.4 Å². The third-order valence-corrected chi connectivity index (χ3v) is 4.99. The molecular weight excluding hydrogens is 397 g/mol. The van der Waals surface area contributed by atoms with Gasteiger partial charge in [0, 0.05) is 37.4 Å². The maximum atomic E-state index is 13.6. The molecule has 0 aliphatic carbocycles. The Hall–Kier alpha value is -3.62. The van der Waals surface area contributed by atoms with E-state index in [9.17, 15) is 22.8 Å². The van der Waals surface area contributed by atoms with Crippen LogP contribution in [-0.4, -0.2) is 41.2 Å². The monoisotopic (exact) mass is 414 g/mol. The summed E-state index contributed by atoms with van der Waals surface area (Å²) in [5, 5.41) is 5.25. The fourth-order valence-corrected chi connectivity index (χ4v) is 3.56. The Morgan fingerprint density at radius 1 is 1.03 bits per heavy atom. The van der Waals surface area contributed by atoms with E-state index in [1.807, 2.05) is 0 Å². The molecular formula is C21H17F3N4O2. The average molecular weight is 414 g/mol. The van der Waals surface area contributed by atoms with Crippen molar-refractivity contribution in [1.82, 2.24) is 9.91 Å². The summed E-state index contributed by atoms with van der Waals surface area (Å²) in [5.41, 5.74) is 6.97. The second-order valence-corrected chi connectivity index (χ2v) is 7.13. The third kappa shape index (κ3) is 3.78. The molecule has 2 heterocycles. The van der Waals surface area contributed by atoms with Crippen molar-refractivity contribution in [3.8, 4) is 0 Å². The predicted molar refractivity (Wildman–Crippen MR) is 104 cm³/mol. The minimum absolute atomic E-state index is 0.186. The molecule has 2 aromatic rings. The van der Waals surface area contributed by atoms with E-state index in [0.717, 1.165) is 17.7 Å². The Balaban J connectivity index is 1.48. The molecule has 2 aromatic carbocycles. The largest absolute Gasteiger partial charge is 0.366 e. The van der Waals surface area contributed by atoms with Crippen molar-refractivity contribution < 1.29 is 22.8 Å². The summed E-state index contributed by atoms with van der Waals surface area (Å²) >= 11 is 0. The fraction of sp³-hybridized carbons (Fsp3) is 0.190. The number of halogens is 3. The van der Waals surface area contributed by atoms with Crippen LogP contribution in [-0.2, 0) is 0 Å². The predicted octanol–water partition coefficient (Wildman–Crippen LogP) is 3.45. The molecule has 2 N–H and O–H groups in total. The van der Waals surface area contributed by atoms with Gasteiger partial charge < -0.3 is 10.6 Å². The van der Waals surface area contributed by atoms with E-state index >= 15 is 0 Å². The highest BCUT2D eigenvalue weighted by molar-refractivity contribution is 5.96. The summed E-state index contributed by atoms with van der Waals surface area (Å²) in [7, 11) is 0. The Kier molecular flexibility index (Phi) is 5.03. The molecule has 3 amide bonds. The van der Waals surface area contributed by atoms with Crippen molar-refractivity contribution in [2.24, 2.45) is 10.8 Å². The molecule has 0 spiro atoms. The Bertz CT molecular complexity index is 1070. The van der Waals surface area contributed by atoms with Crippen LogP contribution < -0.4 is 5.73 Å². The van der Waals surface area contributed by atoms with Crippen LogP contribution in [0.1, 0.15) is 33.9 Å². The maximum absolute atomic E-state index is 13.6. The van der Waals surface area contributed by atoms with Gasteiger partial charge in [-0.25, -0.2) is 23.0 Å². The van der Waals surface area contributed by atoms with E-state index in [2.05, 4.69) is 5.10 Å². The van der Waals surface area contributed by atoms with Crippen LogP contribution in [0.25, 0.3) is 6.08 Å². The molecule has 0 radical (unpaired) electrons. The van der Waals surface area contributed by atoms with Gasteiger partial charge in [0.25, 0.3) is 0 Å². The second kappa shape index (κ2) is 7.66. The van der Waals surface area contributed by atoms with Crippen molar-refractivity contribution in [3.05, 3.63) is 76.1 Å². The average Bonchev–Trinajstić information content (AvgIpc) is 3.12. The molecule has 2 aliphatic rings. The van der Waals surface area contributed by atoms with Crippen molar-refractivity contribution in [2.45, 2.75) is 12.5 Å². The van der Waals surface area contributed by atoms with Crippen LogP contribution >= 0.6 is 0 Å². The Morgan fingerprint density at radius 2 is 1.73 bits per heavy atom. The molecule has 1 atom stereocenters. The number of hydrogen-bond donors (Lipinski definition) is 1. The number of nitrogens with two attached hydrogens (primary N) is 1. The van der Waals surface area contributed by atoms with Crippen LogP contribution in [0, 0.1) is 17.5 Å². The highest BCUT2D eigenvalue weighted by atomic mass is 19.1. The van der Waals surface area contributed by atoms with Crippen molar-refractivity contribution in [2.75, 3.05) is 13.1 Å². The summed E-state index contributed by atoms with van der Waals surface area (Å²) in [6, 6.07) is 5.79. The summed E-state index contributed by atoms with van der Waals surface area (Å²) < 4.78 is 40.7. The minimum Gasteiger partial charge on any atom is -0.366 e. The minimum atomic E-state index is -0.723. The number of primary amides is 1. The van der Waals surface area contributed by atoms with Gasteiger partial charge in [0.05, 0.1) is 6.04 Å². The maximum Gasteiger partial charge on any atom is 0.341 e. The summed E-state index contributed by atoms with van der Waals surface area (Å²) in [6.45, 7) is 0.508. The molecule has 0 bridgehead atoms. The van der Waals surface area contributed by atoms with Crippen molar-refractivity contribution >= 4 is 24.2 Å².